The molecule has 126 valence electrons. The lowest BCUT2D eigenvalue weighted by Gasteiger charge is -2.33. The average molecular weight is 345 g/mol. The molecule has 1 saturated heterocycles. The molecule has 0 spiro atoms. The van der Waals surface area contributed by atoms with Crippen molar-refractivity contribution in [2.75, 3.05) is 13.1 Å². The van der Waals surface area contributed by atoms with Gasteiger partial charge in [-0.3, -0.25) is 4.79 Å². The van der Waals surface area contributed by atoms with Crippen LogP contribution in [-0.2, 0) is 12.8 Å². The first-order valence-electron chi connectivity index (χ1n) is 8.23. The second-order valence-electron chi connectivity index (χ2n) is 6.15. The number of carbonyl (C=O) groups excluding carboxylic acids is 1. The fraction of sp³-hybridized carbons (Fsp3) is 0.706. The summed E-state index contributed by atoms with van der Waals surface area (Å²) in [7, 11) is 0. The average Bonchev–Trinajstić information content (AvgIpc) is 2.90. The Balaban J connectivity index is 0.00000242. The van der Waals surface area contributed by atoms with Gasteiger partial charge in [0.05, 0.1) is 4.88 Å². The number of thiophene rings is 1. The summed E-state index contributed by atoms with van der Waals surface area (Å²) in [6, 6.07) is 2.36. The van der Waals surface area contributed by atoms with Crippen LogP contribution in [0.25, 0.3) is 0 Å². The largest absolute Gasteiger partial charge is 0.338 e. The third-order valence-electron chi connectivity index (χ3n) is 4.54. The van der Waals surface area contributed by atoms with Crippen LogP contribution in [0.15, 0.2) is 6.07 Å². The van der Waals surface area contributed by atoms with Crippen molar-refractivity contribution >= 4 is 29.7 Å². The van der Waals surface area contributed by atoms with Crippen molar-refractivity contribution in [2.24, 2.45) is 11.7 Å². The topological polar surface area (TPSA) is 46.3 Å². The van der Waals surface area contributed by atoms with Crippen LogP contribution in [0.1, 0.15) is 60.1 Å². The molecule has 1 aromatic heterocycles. The quantitative estimate of drug-likeness (QED) is 0.880. The van der Waals surface area contributed by atoms with Crippen molar-refractivity contribution < 1.29 is 4.79 Å². The highest BCUT2D eigenvalue weighted by atomic mass is 35.5. The fourth-order valence-electron chi connectivity index (χ4n) is 3.09. The van der Waals surface area contributed by atoms with Gasteiger partial charge in [0, 0.05) is 24.0 Å². The number of amides is 1. The number of carbonyl (C=O) groups is 1. The van der Waals surface area contributed by atoms with Crippen molar-refractivity contribution in [3.8, 4) is 0 Å². The predicted molar refractivity (Wildman–Crippen MR) is 97.2 cm³/mol. The van der Waals surface area contributed by atoms with Gasteiger partial charge in [-0.2, -0.15) is 0 Å². The Kier molecular flexibility index (Phi) is 7.87. The molecule has 1 unspecified atom stereocenters. The maximum absolute atomic E-state index is 12.7. The molecule has 1 aliphatic heterocycles. The van der Waals surface area contributed by atoms with E-state index < -0.39 is 0 Å². The summed E-state index contributed by atoms with van der Waals surface area (Å²) < 4.78 is 0. The molecule has 2 N–H and O–H groups in total. The Morgan fingerprint density at radius 2 is 2.05 bits per heavy atom. The summed E-state index contributed by atoms with van der Waals surface area (Å²) in [5, 5.41) is 0. The fourth-order valence-corrected chi connectivity index (χ4v) is 4.42. The summed E-state index contributed by atoms with van der Waals surface area (Å²) in [4.78, 5) is 17.0. The van der Waals surface area contributed by atoms with Crippen LogP contribution in [0.4, 0.5) is 0 Å². The zero-order chi connectivity index (χ0) is 15.4. The highest BCUT2D eigenvalue weighted by Gasteiger charge is 2.26. The molecule has 1 atom stereocenters. The minimum Gasteiger partial charge on any atom is -0.338 e. The summed E-state index contributed by atoms with van der Waals surface area (Å²) >= 11 is 1.70. The molecule has 0 bridgehead atoms. The number of hydrogen-bond acceptors (Lipinski definition) is 3. The third-order valence-corrected chi connectivity index (χ3v) is 5.76. The van der Waals surface area contributed by atoms with Gasteiger partial charge in [0.1, 0.15) is 0 Å². The number of likely N-dealkylation sites (tertiary alicyclic amines) is 1. The Bertz CT molecular complexity index is 479. The van der Waals surface area contributed by atoms with Crippen molar-refractivity contribution in [1.82, 2.24) is 4.90 Å². The van der Waals surface area contributed by atoms with Gasteiger partial charge in [0.2, 0.25) is 0 Å². The Morgan fingerprint density at radius 3 is 2.55 bits per heavy atom. The van der Waals surface area contributed by atoms with E-state index in [1.54, 1.807) is 11.3 Å². The van der Waals surface area contributed by atoms with E-state index in [4.69, 9.17) is 5.73 Å². The lowest BCUT2D eigenvalue weighted by Crippen LogP contribution is -2.42. The Labute approximate surface area is 144 Å². The van der Waals surface area contributed by atoms with E-state index in [-0.39, 0.29) is 24.4 Å². The van der Waals surface area contributed by atoms with E-state index in [1.807, 2.05) is 4.90 Å². The van der Waals surface area contributed by atoms with Crippen molar-refractivity contribution in [2.45, 2.75) is 58.9 Å². The predicted octanol–water partition coefficient (Wildman–Crippen LogP) is 3.88. The smallest absolute Gasteiger partial charge is 0.263 e. The maximum Gasteiger partial charge on any atom is 0.263 e. The van der Waals surface area contributed by atoms with Crippen LogP contribution in [0, 0.1) is 5.92 Å². The van der Waals surface area contributed by atoms with Crippen LogP contribution in [0.5, 0.6) is 0 Å². The van der Waals surface area contributed by atoms with Crippen LogP contribution in [0.2, 0.25) is 0 Å². The van der Waals surface area contributed by atoms with Crippen molar-refractivity contribution in [1.29, 1.82) is 0 Å². The van der Waals surface area contributed by atoms with Gasteiger partial charge < -0.3 is 10.6 Å². The molecule has 5 heteroatoms. The summed E-state index contributed by atoms with van der Waals surface area (Å²) in [5.41, 5.74) is 7.33. The zero-order valence-electron chi connectivity index (χ0n) is 13.9. The van der Waals surface area contributed by atoms with E-state index in [0.717, 1.165) is 50.1 Å². The maximum atomic E-state index is 12.7. The van der Waals surface area contributed by atoms with Gasteiger partial charge >= 0.3 is 0 Å². The SMILES string of the molecule is CCCc1sc(C(=O)N2CCC(C(C)N)CC2)cc1CC.Cl. The van der Waals surface area contributed by atoms with E-state index in [2.05, 4.69) is 26.8 Å². The number of halogens is 1. The number of piperidine rings is 1. The lowest BCUT2D eigenvalue weighted by molar-refractivity contribution is 0.0686. The second-order valence-corrected chi connectivity index (χ2v) is 7.29. The standard InChI is InChI=1S/C17H28N2OS.ClH/c1-4-6-15-13(5-2)11-16(21-15)17(20)19-9-7-14(8-10-19)12(3)18;/h11-12,14H,4-10,18H2,1-3H3;1H. The second kappa shape index (κ2) is 8.90. The molecule has 1 amide bonds. The molecule has 1 fully saturated rings. The van der Waals surface area contributed by atoms with Gasteiger partial charge in [0.25, 0.3) is 5.91 Å². The molecular formula is C17H29ClN2OS. The number of hydrogen-bond donors (Lipinski definition) is 1. The normalized spacial score (nSPS) is 17.2. The Morgan fingerprint density at radius 1 is 1.41 bits per heavy atom. The van der Waals surface area contributed by atoms with Crippen LogP contribution in [0.3, 0.4) is 0 Å². The minimum atomic E-state index is 0. The molecule has 22 heavy (non-hydrogen) atoms. The molecule has 2 heterocycles. The number of nitrogens with zero attached hydrogens (tertiary/aromatic N) is 1. The molecule has 3 nitrogen and oxygen atoms in total. The van der Waals surface area contributed by atoms with Crippen molar-refractivity contribution in [3.63, 3.8) is 0 Å². The van der Waals surface area contributed by atoms with E-state index in [0.29, 0.717) is 5.92 Å². The zero-order valence-corrected chi connectivity index (χ0v) is 15.6. The first-order chi connectivity index (χ1) is 10.1. The highest BCUT2D eigenvalue weighted by molar-refractivity contribution is 7.14. The van der Waals surface area contributed by atoms with Gasteiger partial charge in [-0.05, 0) is 50.2 Å². The molecule has 0 radical (unpaired) electrons. The van der Waals surface area contributed by atoms with Crippen molar-refractivity contribution in [3.05, 3.63) is 21.4 Å². The third kappa shape index (κ3) is 4.46. The van der Waals surface area contributed by atoms with Crippen LogP contribution >= 0.6 is 23.7 Å². The molecule has 0 aliphatic carbocycles. The van der Waals surface area contributed by atoms with E-state index in [1.165, 1.54) is 10.4 Å². The summed E-state index contributed by atoms with van der Waals surface area (Å²) in [5.74, 6) is 0.791. The van der Waals surface area contributed by atoms with Crippen LogP contribution in [-0.4, -0.2) is 29.9 Å². The monoisotopic (exact) mass is 344 g/mol. The Hall–Kier alpha value is -0.580. The van der Waals surface area contributed by atoms with Gasteiger partial charge in [0.15, 0.2) is 0 Å². The molecular weight excluding hydrogens is 316 g/mol. The summed E-state index contributed by atoms with van der Waals surface area (Å²) in [6.07, 6.45) is 5.33. The van der Waals surface area contributed by atoms with Gasteiger partial charge in [-0.25, -0.2) is 0 Å². The van der Waals surface area contributed by atoms with E-state index >= 15 is 0 Å². The molecule has 0 aromatic carbocycles. The number of nitrogens with two attached hydrogens (primary N) is 1. The summed E-state index contributed by atoms with van der Waals surface area (Å²) in [6.45, 7) is 8.15. The van der Waals surface area contributed by atoms with Gasteiger partial charge in [-0.15, -0.1) is 23.7 Å². The molecule has 0 saturated carbocycles. The molecule has 1 aliphatic rings. The first kappa shape index (κ1) is 19.5. The lowest BCUT2D eigenvalue weighted by atomic mass is 9.91. The van der Waals surface area contributed by atoms with Crippen LogP contribution < -0.4 is 5.73 Å². The first-order valence-corrected chi connectivity index (χ1v) is 9.04. The van der Waals surface area contributed by atoms with E-state index in [9.17, 15) is 4.79 Å². The number of aryl methyl sites for hydroxylation is 2. The number of rotatable bonds is 5. The minimum absolute atomic E-state index is 0. The molecule has 1 aromatic rings. The molecule has 2 rings (SSSR count). The highest BCUT2D eigenvalue weighted by Crippen LogP contribution is 2.27. The van der Waals surface area contributed by atoms with Gasteiger partial charge in [-0.1, -0.05) is 20.3 Å².